The number of urea groups is 1. The fraction of sp³-hybridized carbons (Fsp3) is 0.292. The van der Waals surface area contributed by atoms with Gasteiger partial charge in [-0.05, 0) is 43.2 Å². The van der Waals surface area contributed by atoms with Gasteiger partial charge in [0.1, 0.15) is 11.6 Å². The molecule has 32 heavy (non-hydrogen) atoms. The summed E-state index contributed by atoms with van der Waals surface area (Å²) in [5.74, 6) is -0.400. The SMILES string of the molecule is CCCCCN1C(=O)NC(c2cccc(F)c2)C(c2nc(-c3cccc(F)c3)no2)=C1C. The summed E-state index contributed by atoms with van der Waals surface area (Å²) in [6.45, 7) is 4.45. The second-order valence-corrected chi connectivity index (χ2v) is 7.73. The second kappa shape index (κ2) is 9.30. The Morgan fingerprint density at radius 3 is 2.56 bits per heavy atom. The molecule has 0 spiro atoms. The third-order valence-corrected chi connectivity index (χ3v) is 5.50. The van der Waals surface area contributed by atoms with Crippen LogP contribution in [0.2, 0.25) is 0 Å². The Morgan fingerprint density at radius 2 is 1.84 bits per heavy atom. The van der Waals surface area contributed by atoms with Crippen LogP contribution in [0.15, 0.2) is 58.8 Å². The van der Waals surface area contributed by atoms with E-state index in [-0.39, 0.29) is 17.7 Å². The van der Waals surface area contributed by atoms with Crippen molar-refractivity contribution in [2.24, 2.45) is 0 Å². The van der Waals surface area contributed by atoms with E-state index < -0.39 is 17.7 Å². The molecule has 2 amide bonds. The van der Waals surface area contributed by atoms with Gasteiger partial charge in [0.2, 0.25) is 5.82 Å². The molecule has 0 fully saturated rings. The Bertz CT molecular complexity index is 1160. The van der Waals surface area contributed by atoms with Gasteiger partial charge in [0, 0.05) is 17.8 Å². The smallest absolute Gasteiger partial charge is 0.322 e. The van der Waals surface area contributed by atoms with E-state index in [9.17, 15) is 13.6 Å². The summed E-state index contributed by atoms with van der Waals surface area (Å²) in [5, 5.41) is 6.96. The molecule has 8 heteroatoms. The van der Waals surface area contributed by atoms with Gasteiger partial charge in [-0.25, -0.2) is 13.6 Å². The van der Waals surface area contributed by atoms with Crippen LogP contribution in [0.4, 0.5) is 13.6 Å². The molecule has 1 aliphatic rings. The summed E-state index contributed by atoms with van der Waals surface area (Å²) in [4.78, 5) is 19.0. The molecule has 0 bridgehead atoms. The Balaban J connectivity index is 1.78. The summed E-state index contributed by atoms with van der Waals surface area (Å²) in [6, 6.07) is 11.0. The van der Waals surface area contributed by atoms with Gasteiger partial charge in [-0.3, -0.25) is 4.90 Å². The zero-order chi connectivity index (χ0) is 22.7. The predicted octanol–water partition coefficient (Wildman–Crippen LogP) is 5.70. The highest BCUT2D eigenvalue weighted by molar-refractivity contribution is 5.86. The van der Waals surface area contributed by atoms with Crippen molar-refractivity contribution in [2.45, 2.75) is 39.2 Å². The van der Waals surface area contributed by atoms with Gasteiger partial charge >= 0.3 is 6.03 Å². The van der Waals surface area contributed by atoms with Gasteiger partial charge in [0.25, 0.3) is 5.89 Å². The molecule has 1 unspecified atom stereocenters. The summed E-state index contributed by atoms with van der Waals surface area (Å²) in [7, 11) is 0. The highest BCUT2D eigenvalue weighted by atomic mass is 19.1. The summed E-state index contributed by atoms with van der Waals surface area (Å²) in [5.41, 5.74) is 2.28. The molecule has 1 aromatic heterocycles. The Morgan fingerprint density at radius 1 is 1.09 bits per heavy atom. The second-order valence-electron chi connectivity index (χ2n) is 7.73. The third-order valence-electron chi connectivity index (χ3n) is 5.50. The van der Waals surface area contributed by atoms with Crippen LogP contribution in [0, 0.1) is 11.6 Å². The number of rotatable bonds is 7. The van der Waals surface area contributed by atoms with Gasteiger partial charge in [-0.1, -0.05) is 49.2 Å². The summed E-state index contributed by atoms with van der Waals surface area (Å²) >= 11 is 0. The van der Waals surface area contributed by atoms with Gasteiger partial charge in [0.05, 0.1) is 11.6 Å². The molecule has 2 aromatic carbocycles. The molecule has 6 nitrogen and oxygen atoms in total. The van der Waals surface area contributed by atoms with E-state index in [4.69, 9.17) is 4.52 Å². The molecular weight excluding hydrogens is 414 g/mol. The molecule has 0 radical (unpaired) electrons. The summed E-state index contributed by atoms with van der Waals surface area (Å²) < 4.78 is 33.2. The standard InChI is InChI=1S/C24H24F2N4O2/c1-3-4-5-12-30-15(2)20(21(27-24(30)31)16-8-6-10-18(25)13-16)23-28-22(29-32-23)17-9-7-11-19(26)14-17/h6-11,13-14,21H,3-5,12H2,1-2H3,(H,27,31). The number of nitrogens with one attached hydrogen (secondary N) is 1. The lowest BCUT2D eigenvalue weighted by molar-refractivity contribution is 0.204. The van der Waals surface area contributed by atoms with Crippen LogP contribution in [0.1, 0.15) is 50.6 Å². The number of carbonyl (C=O) groups excluding carboxylic acids is 1. The maximum absolute atomic E-state index is 14.0. The van der Waals surface area contributed by atoms with Crippen LogP contribution in [-0.2, 0) is 0 Å². The molecule has 0 saturated heterocycles. The number of hydrogen-bond acceptors (Lipinski definition) is 4. The zero-order valence-electron chi connectivity index (χ0n) is 17.9. The molecule has 3 aromatic rings. The average molecular weight is 438 g/mol. The number of nitrogens with zero attached hydrogens (tertiary/aromatic N) is 3. The van der Waals surface area contributed by atoms with E-state index in [1.807, 2.05) is 6.92 Å². The third kappa shape index (κ3) is 4.39. The Labute approximate surface area is 184 Å². The van der Waals surface area contributed by atoms with Crippen molar-refractivity contribution in [2.75, 3.05) is 6.54 Å². The highest BCUT2D eigenvalue weighted by Crippen LogP contribution is 2.37. The summed E-state index contributed by atoms with van der Waals surface area (Å²) in [6.07, 6.45) is 2.86. The van der Waals surface area contributed by atoms with E-state index >= 15 is 0 Å². The van der Waals surface area contributed by atoms with Crippen LogP contribution < -0.4 is 5.32 Å². The van der Waals surface area contributed by atoms with Crippen LogP contribution in [0.25, 0.3) is 17.0 Å². The van der Waals surface area contributed by atoms with E-state index in [1.165, 1.54) is 24.3 Å². The number of aromatic nitrogens is 2. The molecule has 4 rings (SSSR count). The van der Waals surface area contributed by atoms with Crippen LogP contribution in [0.3, 0.4) is 0 Å². The number of benzene rings is 2. The normalized spacial score (nSPS) is 16.4. The van der Waals surface area contributed by atoms with Crippen molar-refractivity contribution >= 4 is 11.6 Å². The minimum atomic E-state index is -0.665. The number of amides is 2. The monoisotopic (exact) mass is 438 g/mol. The number of allylic oxidation sites excluding steroid dienone is 1. The van der Waals surface area contributed by atoms with E-state index in [1.54, 1.807) is 29.2 Å². The molecule has 1 N–H and O–H groups in total. The van der Waals surface area contributed by atoms with Crippen LogP contribution >= 0.6 is 0 Å². The van der Waals surface area contributed by atoms with Gasteiger partial charge in [-0.15, -0.1) is 0 Å². The minimum absolute atomic E-state index is 0.191. The number of unbranched alkanes of at least 4 members (excludes halogenated alkanes) is 2. The lowest BCUT2D eigenvalue weighted by Crippen LogP contribution is -2.46. The first-order valence-electron chi connectivity index (χ1n) is 10.6. The fourth-order valence-electron chi connectivity index (χ4n) is 3.86. The lowest BCUT2D eigenvalue weighted by atomic mass is 9.94. The molecule has 1 aliphatic heterocycles. The quantitative estimate of drug-likeness (QED) is 0.480. The number of carbonyl (C=O) groups is 1. The minimum Gasteiger partial charge on any atom is -0.334 e. The molecule has 0 aliphatic carbocycles. The molecule has 166 valence electrons. The molecular formula is C24H24F2N4O2. The van der Waals surface area contributed by atoms with Crippen molar-refractivity contribution < 1.29 is 18.1 Å². The largest absolute Gasteiger partial charge is 0.334 e. The maximum Gasteiger partial charge on any atom is 0.322 e. The average Bonchev–Trinajstić information content (AvgIpc) is 3.25. The van der Waals surface area contributed by atoms with Gasteiger partial charge < -0.3 is 9.84 Å². The van der Waals surface area contributed by atoms with Crippen molar-refractivity contribution in [1.82, 2.24) is 20.4 Å². The van der Waals surface area contributed by atoms with Gasteiger partial charge in [0.15, 0.2) is 0 Å². The first kappa shape index (κ1) is 21.7. The molecule has 1 atom stereocenters. The van der Waals surface area contributed by atoms with Crippen molar-refractivity contribution in [3.63, 3.8) is 0 Å². The molecule has 0 saturated carbocycles. The van der Waals surface area contributed by atoms with Crippen molar-refractivity contribution in [1.29, 1.82) is 0 Å². The Hall–Kier alpha value is -3.55. The first-order chi connectivity index (χ1) is 15.5. The fourth-order valence-corrected chi connectivity index (χ4v) is 3.86. The molecule has 2 heterocycles. The van der Waals surface area contributed by atoms with Gasteiger partial charge in [-0.2, -0.15) is 4.98 Å². The maximum atomic E-state index is 14.0. The van der Waals surface area contributed by atoms with Crippen molar-refractivity contribution in [3.8, 4) is 11.4 Å². The first-order valence-corrected chi connectivity index (χ1v) is 10.6. The van der Waals surface area contributed by atoms with Crippen LogP contribution in [-0.4, -0.2) is 27.6 Å². The van der Waals surface area contributed by atoms with Crippen molar-refractivity contribution in [3.05, 3.63) is 77.3 Å². The van der Waals surface area contributed by atoms with E-state index in [0.717, 1.165) is 19.3 Å². The number of hydrogen-bond donors (Lipinski definition) is 1. The number of halogens is 2. The topological polar surface area (TPSA) is 71.3 Å². The predicted molar refractivity (Wildman–Crippen MR) is 116 cm³/mol. The Kier molecular flexibility index (Phi) is 6.30. The highest BCUT2D eigenvalue weighted by Gasteiger charge is 2.35. The zero-order valence-corrected chi connectivity index (χ0v) is 17.9. The van der Waals surface area contributed by atoms with E-state index in [0.29, 0.717) is 28.9 Å². The van der Waals surface area contributed by atoms with E-state index in [2.05, 4.69) is 22.4 Å². The lowest BCUT2D eigenvalue weighted by Gasteiger charge is -2.35. The van der Waals surface area contributed by atoms with Crippen LogP contribution in [0.5, 0.6) is 0 Å².